The molecule has 160 valence electrons. The van der Waals surface area contributed by atoms with Gasteiger partial charge >= 0.3 is 5.97 Å². The van der Waals surface area contributed by atoms with Gasteiger partial charge in [-0.3, -0.25) is 4.79 Å². The summed E-state index contributed by atoms with van der Waals surface area (Å²) < 4.78 is 11.8. The molecule has 5 heteroatoms. The van der Waals surface area contributed by atoms with Crippen LogP contribution in [0.25, 0.3) is 6.08 Å². The summed E-state index contributed by atoms with van der Waals surface area (Å²) in [5, 5.41) is 3.08. The maximum atomic E-state index is 12.5. The Balaban J connectivity index is 0.00000300. The molecule has 1 aromatic heterocycles. The van der Waals surface area contributed by atoms with Crippen molar-refractivity contribution >= 4 is 23.4 Å². The first kappa shape index (κ1) is 21.3. The molecule has 3 heterocycles. The summed E-state index contributed by atoms with van der Waals surface area (Å²) in [6.45, 7) is 6.27. The molecule has 0 spiro atoms. The number of cyclic esters (lactones) is 1. The van der Waals surface area contributed by atoms with E-state index in [9.17, 15) is 4.79 Å². The first-order valence-corrected chi connectivity index (χ1v) is 11.5. The molecule has 0 aromatic carbocycles. The molecular formula is C23H39NO3S. The number of nitrogens with zero attached hydrogens (tertiary/aromatic N) is 1. The van der Waals surface area contributed by atoms with Crippen molar-refractivity contribution in [1.82, 2.24) is 4.98 Å². The molecule has 0 radical (unpaired) electrons. The largest absolute Gasteiger partial charge is 0.458 e. The van der Waals surface area contributed by atoms with Crippen LogP contribution in [0.3, 0.4) is 0 Å². The van der Waals surface area contributed by atoms with Gasteiger partial charge in [0, 0.05) is 22.5 Å². The number of epoxide rings is 1. The standard InChI is InChI=1S/C23H33NO3S.3H2/c1-16-9-7-5-4-6-8-10-20-22(26-20)14-21(27-23(25)12-11-16)17(2)13-19-15-28-18(3)24-19;;;/h6,8,13,15-16,20-22H,4-5,7,9-12,14H2,1-3H3;3*1H/b8-6-,17-13+;;;/t16-,20?,21?,22?;;;/m0.../s1. The number of allylic oxidation sites excluding steroid dienone is 1. The van der Waals surface area contributed by atoms with Crippen molar-refractivity contribution in [2.24, 2.45) is 5.92 Å². The minimum absolute atomic E-state index is 0. The number of carbonyl (C=O) groups excluding carboxylic acids is 1. The predicted octanol–water partition coefficient (Wildman–Crippen LogP) is 6.60. The van der Waals surface area contributed by atoms with Gasteiger partial charge in [-0.25, -0.2) is 4.98 Å². The van der Waals surface area contributed by atoms with E-state index >= 15 is 0 Å². The Hall–Kier alpha value is -1.46. The van der Waals surface area contributed by atoms with E-state index in [1.165, 1.54) is 19.3 Å². The van der Waals surface area contributed by atoms with Crippen LogP contribution in [-0.4, -0.2) is 29.3 Å². The van der Waals surface area contributed by atoms with E-state index in [1.54, 1.807) is 11.3 Å². The van der Waals surface area contributed by atoms with E-state index in [0.717, 1.165) is 42.0 Å². The fraction of sp³-hybridized carbons (Fsp3) is 0.652. The number of aromatic nitrogens is 1. The van der Waals surface area contributed by atoms with Crippen molar-refractivity contribution in [1.29, 1.82) is 0 Å². The third-order valence-corrected chi connectivity index (χ3v) is 6.41. The van der Waals surface area contributed by atoms with E-state index in [4.69, 9.17) is 9.47 Å². The summed E-state index contributed by atoms with van der Waals surface area (Å²) in [5.74, 6) is 0.469. The van der Waals surface area contributed by atoms with Crippen LogP contribution in [-0.2, 0) is 14.3 Å². The van der Waals surface area contributed by atoms with Crippen molar-refractivity contribution in [2.45, 2.75) is 90.4 Å². The van der Waals surface area contributed by atoms with E-state index < -0.39 is 0 Å². The molecule has 4 atom stereocenters. The van der Waals surface area contributed by atoms with Gasteiger partial charge in [-0.2, -0.15) is 0 Å². The van der Waals surface area contributed by atoms with Crippen molar-refractivity contribution in [3.05, 3.63) is 33.8 Å². The van der Waals surface area contributed by atoms with Gasteiger partial charge in [0.15, 0.2) is 0 Å². The van der Waals surface area contributed by atoms with E-state index in [-0.39, 0.29) is 28.6 Å². The molecule has 0 N–H and O–H groups in total. The van der Waals surface area contributed by atoms with Crippen LogP contribution in [0.15, 0.2) is 23.1 Å². The molecule has 4 nitrogen and oxygen atoms in total. The van der Waals surface area contributed by atoms with Crippen molar-refractivity contribution in [3.8, 4) is 0 Å². The molecule has 0 saturated carbocycles. The Morgan fingerprint density at radius 2 is 2.14 bits per heavy atom. The molecule has 0 amide bonds. The monoisotopic (exact) mass is 409 g/mol. The fourth-order valence-corrected chi connectivity index (χ4v) is 4.30. The summed E-state index contributed by atoms with van der Waals surface area (Å²) in [5.41, 5.74) is 1.98. The predicted molar refractivity (Wildman–Crippen MR) is 121 cm³/mol. The van der Waals surface area contributed by atoms with Crippen molar-refractivity contribution in [2.75, 3.05) is 0 Å². The van der Waals surface area contributed by atoms with Gasteiger partial charge in [-0.05, 0) is 57.1 Å². The molecule has 0 bridgehead atoms. The summed E-state index contributed by atoms with van der Waals surface area (Å²) >= 11 is 1.63. The second-order valence-corrected chi connectivity index (χ2v) is 9.30. The number of ether oxygens (including phenoxy) is 2. The Kier molecular flexibility index (Phi) is 7.86. The van der Waals surface area contributed by atoms with Gasteiger partial charge in [0.05, 0.1) is 22.9 Å². The molecule has 1 saturated heterocycles. The van der Waals surface area contributed by atoms with E-state index in [1.807, 2.05) is 25.3 Å². The molecular weight excluding hydrogens is 370 g/mol. The van der Waals surface area contributed by atoms with Gasteiger partial charge in [0.2, 0.25) is 0 Å². The van der Waals surface area contributed by atoms with E-state index in [2.05, 4.69) is 24.1 Å². The molecule has 1 fully saturated rings. The SMILES string of the molecule is C/C(=C\c1csc(C)n1)C1CC2OC2C/C=C\CCCC[C@H](C)CCC(=O)O1.[HH].[HH].[HH]. The number of rotatable bonds is 2. The summed E-state index contributed by atoms with van der Waals surface area (Å²) in [6.07, 6.45) is 14.6. The zero-order valence-corrected chi connectivity index (χ0v) is 18.2. The number of thiazole rings is 1. The van der Waals surface area contributed by atoms with Crippen LogP contribution in [0, 0.1) is 12.8 Å². The molecule has 1 aromatic rings. The maximum Gasteiger partial charge on any atom is 0.306 e. The Bertz CT molecular complexity index is 723. The normalized spacial score (nSPS) is 31.7. The smallest absolute Gasteiger partial charge is 0.306 e. The quantitative estimate of drug-likeness (QED) is 0.314. The van der Waals surface area contributed by atoms with Crippen LogP contribution in [0.5, 0.6) is 0 Å². The van der Waals surface area contributed by atoms with Gasteiger partial charge < -0.3 is 9.47 Å². The number of fused-ring (bicyclic) bond motifs is 1. The summed E-state index contributed by atoms with van der Waals surface area (Å²) in [6, 6.07) is 0. The number of hydrogen-bond acceptors (Lipinski definition) is 5. The van der Waals surface area contributed by atoms with Gasteiger partial charge in [0.25, 0.3) is 0 Å². The maximum absolute atomic E-state index is 12.5. The molecule has 0 aliphatic carbocycles. The first-order chi connectivity index (χ1) is 13.5. The first-order valence-electron chi connectivity index (χ1n) is 10.6. The lowest BCUT2D eigenvalue weighted by atomic mass is 9.97. The highest BCUT2D eigenvalue weighted by Crippen LogP contribution is 2.33. The topological polar surface area (TPSA) is 51.7 Å². The molecule has 3 unspecified atom stereocenters. The number of carbonyl (C=O) groups is 1. The zero-order valence-electron chi connectivity index (χ0n) is 17.4. The Morgan fingerprint density at radius 3 is 2.93 bits per heavy atom. The fourth-order valence-electron chi connectivity index (χ4n) is 3.73. The molecule has 28 heavy (non-hydrogen) atoms. The third kappa shape index (κ3) is 6.85. The minimum atomic E-state index is -0.239. The van der Waals surface area contributed by atoms with Crippen LogP contribution in [0.1, 0.15) is 80.2 Å². The second-order valence-electron chi connectivity index (χ2n) is 8.24. The molecule has 2 aliphatic heterocycles. The third-order valence-electron chi connectivity index (χ3n) is 5.62. The Morgan fingerprint density at radius 1 is 1.29 bits per heavy atom. The average molecular weight is 410 g/mol. The zero-order chi connectivity index (χ0) is 19.9. The number of aryl methyl sites for hydroxylation is 1. The van der Waals surface area contributed by atoms with Gasteiger partial charge in [-0.15, -0.1) is 11.3 Å². The van der Waals surface area contributed by atoms with Crippen LogP contribution in [0.2, 0.25) is 0 Å². The lowest BCUT2D eigenvalue weighted by molar-refractivity contribution is -0.148. The summed E-state index contributed by atoms with van der Waals surface area (Å²) in [4.78, 5) is 17.0. The van der Waals surface area contributed by atoms with Crippen molar-refractivity contribution < 1.29 is 18.5 Å². The summed E-state index contributed by atoms with van der Waals surface area (Å²) in [7, 11) is 0. The van der Waals surface area contributed by atoms with E-state index in [0.29, 0.717) is 12.3 Å². The number of esters is 1. The highest BCUT2D eigenvalue weighted by Gasteiger charge is 2.40. The van der Waals surface area contributed by atoms with Gasteiger partial charge in [-0.1, -0.05) is 31.9 Å². The van der Waals surface area contributed by atoms with Crippen molar-refractivity contribution in [3.63, 3.8) is 0 Å². The Labute approximate surface area is 177 Å². The van der Waals surface area contributed by atoms with Crippen LogP contribution in [0.4, 0.5) is 0 Å². The number of hydrogen-bond donors (Lipinski definition) is 0. The minimum Gasteiger partial charge on any atom is -0.458 e. The van der Waals surface area contributed by atoms with Gasteiger partial charge in [0.1, 0.15) is 6.10 Å². The lowest BCUT2D eigenvalue weighted by Crippen LogP contribution is -2.22. The highest BCUT2D eigenvalue weighted by molar-refractivity contribution is 7.09. The van der Waals surface area contributed by atoms with Crippen LogP contribution < -0.4 is 0 Å². The average Bonchev–Trinajstić information content (AvgIpc) is 3.27. The van der Waals surface area contributed by atoms with Crippen LogP contribution >= 0.6 is 11.3 Å². The second kappa shape index (κ2) is 10.4. The highest BCUT2D eigenvalue weighted by atomic mass is 32.1. The molecule has 2 aliphatic rings. The molecule has 3 rings (SSSR count). The lowest BCUT2D eigenvalue weighted by Gasteiger charge is -2.19.